The van der Waals surface area contributed by atoms with E-state index >= 15 is 0 Å². The first-order valence-corrected chi connectivity index (χ1v) is 22.2. The van der Waals surface area contributed by atoms with Crippen molar-refractivity contribution >= 4 is 68.5 Å². The highest BCUT2D eigenvalue weighted by Gasteiger charge is 2.42. The molecule has 4 aliphatic heterocycles. The van der Waals surface area contributed by atoms with E-state index < -0.39 is 0 Å². The highest BCUT2D eigenvalue weighted by Crippen LogP contribution is 2.40. The van der Waals surface area contributed by atoms with Gasteiger partial charge in [-0.2, -0.15) is 0 Å². The first kappa shape index (κ1) is 36.5. The molecule has 0 spiro atoms. The number of hydrogen-bond acceptors (Lipinski definition) is 9. The van der Waals surface area contributed by atoms with Crippen LogP contribution in [0.2, 0.25) is 0 Å². The van der Waals surface area contributed by atoms with Gasteiger partial charge in [0.25, 0.3) is 13.4 Å². The van der Waals surface area contributed by atoms with Crippen LogP contribution >= 0.6 is 0 Å². The van der Waals surface area contributed by atoms with Crippen LogP contribution in [-0.4, -0.2) is 42.5 Å². The van der Waals surface area contributed by atoms with Gasteiger partial charge in [-0.25, -0.2) is 19.9 Å². The summed E-state index contributed by atoms with van der Waals surface area (Å²) >= 11 is 0. The van der Waals surface area contributed by atoms with Crippen LogP contribution in [0.3, 0.4) is 0 Å². The average molecular weight is 867 g/mol. The Morgan fingerprint density at radius 1 is 0.403 bits per heavy atom. The van der Waals surface area contributed by atoms with Crippen LogP contribution < -0.4 is 51.7 Å². The summed E-state index contributed by atoms with van der Waals surface area (Å²) < 4.78 is 36.9. The predicted octanol–water partition coefficient (Wildman–Crippen LogP) is 7.97. The molecule has 6 aromatic carbocycles. The van der Waals surface area contributed by atoms with E-state index in [4.69, 9.17) is 33.3 Å². The quantitative estimate of drug-likeness (QED) is 0.163. The second kappa shape index (κ2) is 13.4. The van der Waals surface area contributed by atoms with Crippen molar-refractivity contribution in [1.29, 1.82) is 0 Å². The predicted molar refractivity (Wildman–Crippen MR) is 260 cm³/mol. The Kier molecular flexibility index (Phi) is 7.28. The number of benzene rings is 6. The third kappa shape index (κ3) is 5.24. The topological polar surface area (TPSA) is 111 Å². The third-order valence-corrected chi connectivity index (χ3v) is 13.8. The Hall–Kier alpha value is -8.83. The van der Waals surface area contributed by atoms with Gasteiger partial charge in [-0.15, -0.1) is 0 Å². The van der Waals surface area contributed by atoms with Crippen molar-refractivity contribution in [2.24, 2.45) is 14.1 Å². The van der Waals surface area contributed by atoms with Gasteiger partial charge in [-0.1, -0.05) is 42.5 Å². The van der Waals surface area contributed by atoms with Crippen molar-refractivity contribution in [2.75, 3.05) is 0 Å². The molecule has 0 unspecified atom stereocenters. The molecule has 15 rings (SSSR count). The van der Waals surface area contributed by atoms with Crippen LogP contribution in [0, 0.1) is 0 Å². The number of fused-ring (bicyclic) bond motifs is 10. The summed E-state index contributed by atoms with van der Waals surface area (Å²) in [7, 11) is 4.01. The van der Waals surface area contributed by atoms with Gasteiger partial charge in [0.1, 0.15) is 74.4 Å². The standard InChI is InChI=1S/C54H32B2N6O5/c1-61-51(59-38-7-5-21-57-53(38)61)31-15-19-42-36(25-31)55-34-23-29(13-17-40(34)64-44-9-3-10-45(66-42)49(44)55)33-27-48(63-28-33)30-14-18-41-35(24-30)56-37-26-32(52-60-39-8-6-22-58-54(39)62(52)2)16-20-43(37)67-47-12-4-11-46(65-41)50(47)56/h3-28H,1-2H3. The van der Waals surface area contributed by atoms with Gasteiger partial charge in [0.05, 0.1) is 6.26 Å². The maximum atomic E-state index is 6.61. The number of furan rings is 1. The summed E-state index contributed by atoms with van der Waals surface area (Å²) in [5.41, 5.74) is 14.3. The van der Waals surface area contributed by atoms with Crippen molar-refractivity contribution in [3.05, 3.63) is 158 Å². The van der Waals surface area contributed by atoms with Crippen LogP contribution in [0.1, 0.15) is 0 Å². The average Bonchev–Trinajstić information content (AvgIpc) is 4.09. The molecule has 11 nitrogen and oxygen atoms in total. The highest BCUT2D eigenvalue weighted by atomic mass is 16.5. The number of nitrogens with zero attached hydrogens (tertiary/aromatic N) is 6. The molecule has 11 aromatic rings. The van der Waals surface area contributed by atoms with E-state index in [1.54, 1.807) is 12.4 Å². The zero-order chi connectivity index (χ0) is 44.1. The fourth-order valence-electron chi connectivity index (χ4n) is 10.7. The van der Waals surface area contributed by atoms with Crippen molar-refractivity contribution in [1.82, 2.24) is 29.1 Å². The SMILES string of the molecule is Cn1c(-c2ccc3c(c2)B2c4cc(-c5coc(-c6ccc7c(c6)B6c8cc(-c9nc%10cccnc%10n9C)ccc8Oc8cccc(c86)O7)c5)ccc4Oc4cccc(c42)O3)nc2cccnc21. The number of pyridine rings is 2. The molecule has 0 aliphatic carbocycles. The van der Waals surface area contributed by atoms with Gasteiger partial charge in [0.15, 0.2) is 11.3 Å². The van der Waals surface area contributed by atoms with E-state index in [2.05, 4.69) is 76.7 Å². The summed E-state index contributed by atoms with van der Waals surface area (Å²) in [6, 6.07) is 47.3. The third-order valence-electron chi connectivity index (χ3n) is 13.8. The molecule has 13 heteroatoms. The molecule has 4 aliphatic rings. The minimum absolute atomic E-state index is 0.151. The fourth-order valence-corrected chi connectivity index (χ4v) is 10.7. The molecule has 314 valence electrons. The molecule has 0 amide bonds. The molecule has 0 atom stereocenters. The molecule has 0 saturated heterocycles. The van der Waals surface area contributed by atoms with Crippen molar-refractivity contribution < 1.29 is 23.4 Å². The normalized spacial score (nSPS) is 13.3. The zero-order valence-corrected chi connectivity index (χ0v) is 35.9. The molecule has 9 heterocycles. The van der Waals surface area contributed by atoms with Crippen LogP contribution in [-0.2, 0) is 14.1 Å². The van der Waals surface area contributed by atoms with Gasteiger partial charge in [-0.05, 0) is 124 Å². The lowest BCUT2D eigenvalue weighted by Crippen LogP contribution is -2.57. The van der Waals surface area contributed by atoms with Gasteiger partial charge in [-0.3, -0.25) is 0 Å². The van der Waals surface area contributed by atoms with Gasteiger partial charge >= 0.3 is 0 Å². The molecular formula is C54H32B2N6O5. The molecule has 0 radical (unpaired) electrons. The highest BCUT2D eigenvalue weighted by molar-refractivity contribution is 6.99. The molecule has 67 heavy (non-hydrogen) atoms. The molecule has 0 fully saturated rings. The number of hydrogen-bond donors (Lipinski definition) is 0. The maximum absolute atomic E-state index is 6.61. The Balaban J connectivity index is 0.815. The van der Waals surface area contributed by atoms with Gasteiger partial charge in [0, 0.05) is 59.7 Å². The van der Waals surface area contributed by atoms with E-state index in [-0.39, 0.29) is 13.4 Å². The van der Waals surface area contributed by atoms with E-state index in [0.717, 1.165) is 146 Å². The number of ether oxygens (including phenoxy) is 4. The van der Waals surface area contributed by atoms with Crippen LogP contribution in [0.4, 0.5) is 0 Å². The monoisotopic (exact) mass is 866 g/mol. The second-order valence-electron chi connectivity index (χ2n) is 17.5. The second-order valence-corrected chi connectivity index (χ2v) is 17.5. The summed E-state index contributed by atoms with van der Waals surface area (Å²) in [6.07, 6.45) is 5.43. The smallest absolute Gasteiger partial charge is 0.260 e. The lowest BCUT2D eigenvalue weighted by atomic mass is 9.34. The first-order chi connectivity index (χ1) is 33.0. The number of aromatic nitrogens is 6. The summed E-state index contributed by atoms with van der Waals surface area (Å²) in [4.78, 5) is 19.1. The van der Waals surface area contributed by atoms with Crippen molar-refractivity contribution in [3.8, 4) is 91.2 Å². The van der Waals surface area contributed by atoms with Crippen molar-refractivity contribution in [3.63, 3.8) is 0 Å². The molecule has 0 saturated carbocycles. The number of imidazole rings is 2. The van der Waals surface area contributed by atoms with E-state index in [9.17, 15) is 0 Å². The minimum atomic E-state index is -0.162. The van der Waals surface area contributed by atoms with Gasteiger partial charge in [0.2, 0.25) is 0 Å². The molecule has 0 N–H and O–H groups in total. The van der Waals surface area contributed by atoms with Crippen molar-refractivity contribution in [2.45, 2.75) is 0 Å². The maximum Gasteiger partial charge on any atom is 0.260 e. The van der Waals surface area contributed by atoms with Crippen LogP contribution in [0.25, 0.3) is 67.6 Å². The zero-order valence-electron chi connectivity index (χ0n) is 35.9. The van der Waals surface area contributed by atoms with Gasteiger partial charge < -0.3 is 32.5 Å². The van der Waals surface area contributed by atoms with E-state index in [0.29, 0.717) is 0 Å². The Morgan fingerprint density at radius 2 is 0.821 bits per heavy atom. The van der Waals surface area contributed by atoms with Crippen LogP contribution in [0.15, 0.2) is 163 Å². The Bertz CT molecular complexity index is 3690. The van der Waals surface area contributed by atoms with E-state index in [1.165, 1.54) is 0 Å². The lowest BCUT2D eigenvalue weighted by Gasteiger charge is -2.33. The summed E-state index contributed by atoms with van der Waals surface area (Å²) in [5.74, 6) is 8.73. The Morgan fingerprint density at radius 3 is 1.28 bits per heavy atom. The molecule has 0 bridgehead atoms. The molecule has 5 aromatic heterocycles. The van der Waals surface area contributed by atoms with Crippen LogP contribution in [0.5, 0.6) is 46.0 Å². The molecular weight excluding hydrogens is 834 g/mol. The summed E-state index contributed by atoms with van der Waals surface area (Å²) in [6.45, 7) is -0.313. The Labute approximate surface area is 383 Å². The minimum Gasteiger partial charge on any atom is -0.464 e. The number of aryl methyl sites for hydroxylation is 2. The lowest BCUT2D eigenvalue weighted by molar-refractivity contribution is 0.464. The number of rotatable bonds is 4. The van der Waals surface area contributed by atoms with E-state index in [1.807, 2.05) is 102 Å². The fraction of sp³-hybridized carbons (Fsp3) is 0.0370. The summed E-state index contributed by atoms with van der Waals surface area (Å²) in [5, 5.41) is 0. The largest absolute Gasteiger partial charge is 0.464 e. The first-order valence-electron chi connectivity index (χ1n) is 22.2.